The van der Waals surface area contributed by atoms with Gasteiger partial charge in [0, 0.05) is 31.1 Å². The second-order valence-electron chi connectivity index (χ2n) is 7.49. The summed E-state index contributed by atoms with van der Waals surface area (Å²) in [5.41, 5.74) is 2.84. The van der Waals surface area contributed by atoms with Crippen molar-refractivity contribution in [1.82, 2.24) is 15.8 Å². The van der Waals surface area contributed by atoms with Gasteiger partial charge in [-0.05, 0) is 52.3 Å². The fourth-order valence-electron chi connectivity index (χ4n) is 3.21. The number of aliphatic imine (C=N–C) groups is 1. The molecule has 0 aliphatic rings. The van der Waals surface area contributed by atoms with Crippen LogP contribution in [0.25, 0.3) is 0 Å². The molecule has 0 saturated carbocycles. The molecule has 0 radical (unpaired) electrons. The number of hydrogen-bond donors (Lipinski definition) is 3. The molecule has 0 fully saturated rings. The van der Waals surface area contributed by atoms with Crippen molar-refractivity contribution in [3.63, 3.8) is 0 Å². The zero-order valence-electron chi connectivity index (χ0n) is 18.7. The Morgan fingerprint density at radius 2 is 1.83 bits per heavy atom. The van der Waals surface area contributed by atoms with E-state index in [0.717, 1.165) is 34.9 Å². The molecule has 168 valence electrons. The zero-order valence-corrected chi connectivity index (χ0v) is 21.1. The van der Waals surface area contributed by atoms with E-state index in [1.165, 1.54) is 0 Å². The van der Waals surface area contributed by atoms with E-state index in [1.54, 1.807) is 0 Å². The predicted octanol–water partition coefficient (Wildman–Crippen LogP) is 4.09. The molecule has 2 unspecified atom stereocenters. The third kappa shape index (κ3) is 7.79. The van der Waals surface area contributed by atoms with E-state index in [-0.39, 0.29) is 36.0 Å². The Labute approximate surface area is 196 Å². The van der Waals surface area contributed by atoms with Crippen molar-refractivity contribution in [2.24, 2.45) is 4.99 Å². The van der Waals surface area contributed by atoms with Gasteiger partial charge in [0.15, 0.2) is 5.96 Å². The van der Waals surface area contributed by atoms with Gasteiger partial charge in [-0.15, -0.1) is 24.0 Å². The molecule has 2 rings (SSSR count). The topological polar surface area (TPSA) is 91.9 Å². The van der Waals surface area contributed by atoms with Crippen LogP contribution in [0.1, 0.15) is 62.3 Å². The quantitative estimate of drug-likeness (QED) is 0.257. The summed E-state index contributed by atoms with van der Waals surface area (Å²) >= 11 is 0. The number of nitrogens with one attached hydrogen (secondary N) is 2. The maximum Gasteiger partial charge on any atom is 0.191 e. The van der Waals surface area contributed by atoms with E-state index in [9.17, 15) is 5.11 Å². The number of guanidine groups is 1. The number of benzene rings is 1. The van der Waals surface area contributed by atoms with Gasteiger partial charge in [0.05, 0.1) is 17.9 Å². The fraction of sp³-hybridized carbons (Fsp3) is 0.545. The molecule has 0 aliphatic heterocycles. The van der Waals surface area contributed by atoms with Crippen LogP contribution in [-0.2, 0) is 0 Å². The maximum absolute atomic E-state index is 10.5. The second-order valence-corrected chi connectivity index (χ2v) is 7.49. The lowest BCUT2D eigenvalue weighted by atomic mass is 10.00. The summed E-state index contributed by atoms with van der Waals surface area (Å²) in [6.07, 6.45) is -0.522. The van der Waals surface area contributed by atoms with E-state index >= 15 is 0 Å². The van der Waals surface area contributed by atoms with Crippen molar-refractivity contribution < 1.29 is 14.4 Å². The number of nitrogens with zero attached hydrogens (tertiary/aromatic N) is 2. The highest BCUT2D eigenvalue weighted by Crippen LogP contribution is 2.23. The van der Waals surface area contributed by atoms with E-state index in [2.05, 4.69) is 27.7 Å². The third-order valence-corrected chi connectivity index (χ3v) is 4.55. The first-order valence-electron chi connectivity index (χ1n) is 10.2. The van der Waals surface area contributed by atoms with Gasteiger partial charge in [0.1, 0.15) is 11.5 Å². The molecule has 8 heteroatoms. The van der Waals surface area contributed by atoms with Crippen LogP contribution in [0.15, 0.2) is 33.8 Å². The molecule has 2 atom stereocenters. The lowest BCUT2D eigenvalue weighted by Gasteiger charge is -2.17. The molecule has 1 aromatic heterocycles. The molecule has 7 nitrogen and oxygen atoms in total. The van der Waals surface area contributed by atoms with Crippen molar-refractivity contribution in [3.05, 3.63) is 46.8 Å². The van der Waals surface area contributed by atoms with E-state index in [1.807, 2.05) is 58.9 Å². The normalized spacial score (nSPS) is 13.5. The lowest BCUT2D eigenvalue weighted by Crippen LogP contribution is -2.39. The number of aliphatic hydroxyl groups is 1. The molecule has 30 heavy (non-hydrogen) atoms. The zero-order chi connectivity index (χ0) is 21.4. The monoisotopic (exact) mass is 530 g/mol. The number of aryl methyl sites for hydroxylation is 2. The molecular formula is C22H35IN4O3. The average molecular weight is 530 g/mol. The minimum absolute atomic E-state index is 0. The Balaban J connectivity index is 0.00000450. The highest BCUT2D eigenvalue weighted by Gasteiger charge is 2.16. The van der Waals surface area contributed by atoms with Gasteiger partial charge >= 0.3 is 0 Å². The van der Waals surface area contributed by atoms with Crippen LogP contribution in [0.4, 0.5) is 0 Å². The van der Waals surface area contributed by atoms with Crippen molar-refractivity contribution >= 4 is 29.9 Å². The van der Waals surface area contributed by atoms with Crippen LogP contribution < -0.4 is 15.4 Å². The van der Waals surface area contributed by atoms with Gasteiger partial charge in [0.25, 0.3) is 0 Å². The molecule has 1 heterocycles. The fourth-order valence-corrected chi connectivity index (χ4v) is 3.21. The first-order valence-corrected chi connectivity index (χ1v) is 10.2. The van der Waals surface area contributed by atoms with Crippen LogP contribution in [0.5, 0.6) is 5.75 Å². The summed E-state index contributed by atoms with van der Waals surface area (Å²) in [5, 5.41) is 21.0. The van der Waals surface area contributed by atoms with Gasteiger partial charge in [-0.1, -0.05) is 24.2 Å². The Morgan fingerprint density at radius 3 is 2.37 bits per heavy atom. The van der Waals surface area contributed by atoms with E-state index in [0.29, 0.717) is 19.0 Å². The lowest BCUT2D eigenvalue weighted by molar-refractivity contribution is 0.180. The van der Waals surface area contributed by atoms with Crippen molar-refractivity contribution in [1.29, 1.82) is 0 Å². The summed E-state index contributed by atoms with van der Waals surface area (Å²) in [4.78, 5) is 4.66. The molecule has 0 spiro atoms. The predicted molar refractivity (Wildman–Crippen MR) is 131 cm³/mol. The van der Waals surface area contributed by atoms with E-state index in [4.69, 9.17) is 9.26 Å². The Bertz CT molecular complexity index is 771. The third-order valence-electron chi connectivity index (χ3n) is 4.55. The van der Waals surface area contributed by atoms with Crippen LogP contribution >= 0.6 is 24.0 Å². The average Bonchev–Trinajstić information content (AvgIpc) is 3.02. The minimum Gasteiger partial charge on any atom is -0.491 e. The Hall–Kier alpha value is -1.81. The smallest absolute Gasteiger partial charge is 0.191 e. The molecule has 0 aliphatic carbocycles. The second kappa shape index (κ2) is 12.8. The summed E-state index contributed by atoms with van der Waals surface area (Å²) in [7, 11) is 0. The van der Waals surface area contributed by atoms with Gasteiger partial charge in [-0.2, -0.15) is 0 Å². The van der Waals surface area contributed by atoms with Crippen LogP contribution in [0.2, 0.25) is 0 Å². The number of ether oxygens (including phenoxy) is 1. The van der Waals surface area contributed by atoms with Crippen molar-refractivity contribution in [3.8, 4) is 5.75 Å². The number of aliphatic hydroxyl groups excluding tert-OH is 1. The van der Waals surface area contributed by atoms with Gasteiger partial charge in [0.2, 0.25) is 0 Å². The SMILES string of the molecule is CCNC(=NCC(C)c1c(C)noc1C)NCC(O)c1ccc(OC(C)C)cc1.I. The number of aromatic nitrogens is 1. The van der Waals surface area contributed by atoms with Gasteiger partial charge in [-0.25, -0.2) is 0 Å². The minimum atomic E-state index is -0.646. The van der Waals surface area contributed by atoms with Crippen molar-refractivity contribution in [2.75, 3.05) is 19.6 Å². The summed E-state index contributed by atoms with van der Waals surface area (Å²) < 4.78 is 10.9. The molecule has 0 saturated heterocycles. The molecule has 3 N–H and O–H groups in total. The summed E-state index contributed by atoms with van der Waals surface area (Å²) in [6.45, 7) is 13.7. The van der Waals surface area contributed by atoms with Crippen LogP contribution in [-0.4, -0.2) is 42.0 Å². The van der Waals surface area contributed by atoms with E-state index < -0.39 is 6.10 Å². The largest absolute Gasteiger partial charge is 0.491 e. The van der Waals surface area contributed by atoms with Crippen LogP contribution in [0.3, 0.4) is 0 Å². The highest BCUT2D eigenvalue weighted by molar-refractivity contribution is 14.0. The maximum atomic E-state index is 10.5. The molecule has 0 bridgehead atoms. The number of rotatable bonds is 9. The number of hydrogen-bond acceptors (Lipinski definition) is 5. The first-order chi connectivity index (χ1) is 13.8. The van der Waals surface area contributed by atoms with Gasteiger partial charge < -0.3 is 25.0 Å². The van der Waals surface area contributed by atoms with Crippen molar-refractivity contribution in [2.45, 2.75) is 59.7 Å². The summed E-state index contributed by atoms with van der Waals surface area (Å²) in [5.74, 6) is 2.50. The number of halogens is 1. The first kappa shape index (κ1) is 26.2. The Kier molecular flexibility index (Phi) is 11.2. The summed E-state index contributed by atoms with van der Waals surface area (Å²) in [6, 6.07) is 7.52. The molecule has 2 aromatic rings. The molecule has 1 aromatic carbocycles. The molecule has 0 amide bonds. The highest BCUT2D eigenvalue weighted by atomic mass is 127. The Morgan fingerprint density at radius 1 is 1.17 bits per heavy atom. The van der Waals surface area contributed by atoms with Gasteiger partial charge in [-0.3, -0.25) is 4.99 Å². The standard InChI is InChI=1S/C22H34N4O3.HI/c1-7-23-22(24-12-15(4)21-16(5)26-29-17(21)6)25-13-20(27)18-8-10-19(11-9-18)28-14(2)3;/h8-11,14-15,20,27H,7,12-13H2,1-6H3,(H2,23,24,25);1H. The van der Waals surface area contributed by atoms with Crippen LogP contribution in [0, 0.1) is 13.8 Å². The molecular weight excluding hydrogens is 495 g/mol.